The molecule has 0 atom stereocenters. The van der Waals surface area contributed by atoms with Crippen molar-refractivity contribution in [3.8, 4) is 0 Å². The fraction of sp³-hybridized carbons (Fsp3) is 0.214. The minimum atomic E-state index is -0.123. The number of aromatic nitrogens is 3. The molecule has 0 spiro atoms. The number of benzene rings is 1. The number of hydrogen-bond acceptors (Lipinski definition) is 4. The van der Waals surface area contributed by atoms with Crippen molar-refractivity contribution >= 4 is 33.8 Å². The topological polar surface area (TPSA) is 59.3 Å². The number of halogens is 1. The summed E-state index contributed by atoms with van der Waals surface area (Å²) in [6.07, 6.45) is 0. The molecule has 1 amide bonds. The molecule has 0 aliphatic heterocycles. The van der Waals surface area contributed by atoms with E-state index in [4.69, 9.17) is 11.6 Å². The monoisotopic (exact) mass is 320 g/mol. The Morgan fingerprint density at radius 3 is 2.81 bits per heavy atom. The number of fused-ring (bicyclic) bond motifs is 1. The first-order valence-electron chi connectivity index (χ1n) is 6.40. The van der Waals surface area contributed by atoms with Crippen molar-refractivity contribution < 1.29 is 4.79 Å². The Balaban J connectivity index is 1.81. The van der Waals surface area contributed by atoms with Crippen LogP contribution in [-0.4, -0.2) is 20.5 Å². The van der Waals surface area contributed by atoms with Crippen molar-refractivity contribution in [2.24, 2.45) is 0 Å². The highest BCUT2D eigenvalue weighted by Gasteiger charge is 2.18. The van der Waals surface area contributed by atoms with Crippen LogP contribution in [-0.2, 0) is 6.54 Å². The summed E-state index contributed by atoms with van der Waals surface area (Å²) in [5.74, 6) is 0.659. The SMILES string of the molecule is Cc1nnc2sc(C(=O)NCc3ccccc3Cl)c(C)n12. The molecule has 0 saturated carbocycles. The Morgan fingerprint density at radius 1 is 1.33 bits per heavy atom. The van der Waals surface area contributed by atoms with Crippen molar-refractivity contribution in [1.82, 2.24) is 19.9 Å². The third kappa shape index (κ3) is 2.52. The summed E-state index contributed by atoms with van der Waals surface area (Å²) < 4.78 is 1.88. The third-order valence-corrected chi connectivity index (χ3v) is 4.76. The van der Waals surface area contributed by atoms with Gasteiger partial charge in [0, 0.05) is 17.3 Å². The van der Waals surface area contributed by atoms with Crippen LogP contribution in [0.25, 0.3) is 4.96 Å². The molecule has 0 unspecified atom stereocenters. The lowest BCUT2D eigenvalue weighted by molar-refractivity contribution is 0.0954. The lowest BCUT2D eigenvalue weighted by Crippen LogP contribution is -2.23. The van der Waals surface area contributed by atoms with Crippen LogP contribution in [0.15, 0.2) is 24.3 Å². The standard InChI is InChI=1S/C14H13ClN4OS/c1-8-12(21-14-18-17-9(2)19(8)14)13(20)16-7-10-5-3-4-6-11(10)15/h3-6H,7H2,1-2H3,(H,16,20). The van der Waals surface area contributed by atoms with Gasteiger partial charge >= 0.3 is 0 Å². The number of amides is 1. The predicted molar refractivity (Wildman–Crippen MR) is 83.0 cm³/mol. The summed E-state index contributed by atoms with van der Waals surface area (Å²) in [7, 11) is 0. The van der Waals surface area contributed by atoms with E-state index in [-0.39, 0.29) is 5.91 Å². The first-order valence-corrected chi connectivity index (χ1v) is 7.60. The lowest BCUT2D eigenvalue weighted by Gasteiger charge is -2.06. The van der Waals surface area contributed by atoms with Gasteiger partial charge in [-0.05, 0) is 25.5 Å². The van der Waals surface area contributed by atoms with Crippen LogP contribution in [0, 0.1) is 13.8 Å². The highest BCUT2D eigenvalue weighted by molar-refractivity contribution is 7.19. The van der Waals surface area contributed by atoms with E-state index in [0.717, 1.165) is 22.0 Å². The van der Waals surface area contributed by atoms with Crippen molar-refractivity contribution in [3.05, 3.63) is 51.2 Å². The second kappa shape index (κ2) is 5.46. The van der Waals surface area contributed by atoms with Crippen LogP contribution in [0.2, 0.25) is 5.02 Å². The van der Waals surface area contributed by atoms with E-state index < -0.39 is 0 Å². The van der Waals surface area contributed by atoms with Crippen molar-refractivity contribution in [2.45, 2.75) is 20.4 Å². The number of aryl methyl sites for hydroxylation is 2. The van der Waals surface area contributed by atoms with E-state index in [0.29, 0.717) is 16.4 Å². The van der Waals surface area contributed by atoms with Crippen LogP contribution >= 0.6 is 22.9 Å². The first kappa shape index (κ1) is 14.0. The molecule has 1 N–H and O–H groups in total. The van der Waals surface area contributed by atoms with E-state index >= 15 is 0 Å². The van der Waals surface area contributed by atoms with Gasteiger partial charge in [0.15, 0.2) is 0 Å². The minimum absolute atomic E-state index is 0.123. The molecule has 21 heavy (non-hydrogen) atoms. The maximum Gasteiger partial charge on any atom is 0.263 e. The molecule has 0 radical (unpaired) electrons. The molecule has 7 heteroatoms. The molecule has 0 fully saturated rings. The second-order valence-electron chi connectivity index (χ2n) is 4.66. The normalized spacial score (nSPS) is 11.0. The summed E-state index contributed by atoms with van der Waals surface area (Å²) in [5.41, 5.74) is 1.75. The molecule has 0 aliphatic carbocycles. The predicted octanol–water partition coefficient (Wildman–Crippen LogP) is 2.99. The van der Waals surface area contributed by atoms with Gasteiger partial charge in [0.05, 0.1) is 0 Å². The summed E-state index contributed by atoms with van der Waals surface area (Å²) in [6.45, 7) is 4.16. The van der Waals surface area contributed by atoms with Gasteiger partial charge in [-0.2, -0.15) is 0 Å². The Bertz CT molecular complexity index is 824. The van der Waals surface area contributed by atoms with Gasteiger partial charge in [0.25, 0.3) is 5.91 Å². The van der Waals surface area contributed by atoms with E-state index in [1.54, 1.807) is 0 Å². The van der Waals surface area contributed by atoms with Crippen molar-refractivity contribution in [1.29, 1.82) is 0 Å². The zero-order chi connectivity index (χ0) is 15.0. The van der Waals surface area contributed by atoms with Crippen molar-refractivity contribution in [2.75, 3.05) is 0 Å². The fourth-order valence-electron chi connectivity index (χ4n) is 2.17. The second-order valence-corrected chi connectivity index (χ2v) is 6.04. The molecular weight excluding hydrogens is 308 g/mol. The molecule has 0 saturated heterocycles. The van der Waals surface area contributed by atoms with Gasteiger partial charge < -0.3 is 5.32 Å². The zero-order valence-electron chi connectivity index (χ0n) is 11.6. The summed E-state index contributed by atoms with van der Waals surface area (Å²) in [5, 5.41) is 11.6. The van der Waals surface area contributed by atoms with Gasteiger partial charge in [-0.1, -0.05) is 41.1 Å². The maximum absolute atomic E-state index is 12.3. The van der Waals surface area contributed by atoms with E-state index in [1.807, 2.05) is 42.5 Å². The number of thiazole rings is 1. The molecule has 3 rings (SSSR count). The number of rotatable bonds is 3. The number of nitrogens with one attached hydrogen (secondary N) is 1. The van der Waals surface area contributed by atoms with Crippen LogP contribution in [0.5, 0.6) is 0 Å². The number of carbonyl (C=O) groups is 1. The minimum Gasteiger partial charge on any atom is -0.347 e. The quantitative estimate of drug-likeness (QED) is 0.807. The summed E-state index contributed by atoms with van der Waals surface area (Å²) >= 11 is 7.42. The zero-order valence-corrected chi connectivity index (χ0v) is 13.1. The van der Waals surface area contributed by atoms with Crippen molar-refractivity contribution in [3.63, 3.8) is 0 Å². The van der Waals surface area contributed by atoms with Gasteiger partial charge in [0.2, 0.25) is 4.96 Å². The smallest absolute Gasteiger partial charge is 0.263 e. The highest BCUT2D eigenvalue weighted by Crippen LogP contribution is 2.23. The average Bonchev–Trinajstić information content (AvgIpc) is 2.99. The van der Waals surface area contributed by atoms with Gasteiger partial charge in [-0.25, -0.2) is 0 Å². The van der Waals surface area contributed by atoms with E-state index in [1.165, 1.54) is 11.3 Å². The first-order chi connectivity index (χ1) is 10.1. The largest absolute Gasteiger partial charge is 0.347 e. The van der Waals surface area contributed by atoms with E-state index in [9.17, 15) is 4.79 Å². The lowest BCUT2D eigenvalue weighted by atomic mass is 10.2. The van der Waals surface area contributed by atoms with Gasteiger partial charge in [0.1, 0.15) is 10.7 Å². The fourth-order valence-corrected chi connectivity index (χ4v) is 3.40. The molecule has 1 aromatic carbocycles. The van der Waals surface area contributed by atoms with E-state index in [2.05, 4.69) is 15.5 Å². The third-order valence-electron chi connectivity index (χ3n) is 3.26. The molecule has 0 aliphatic rings. The molecular formula is C14H13ClN4OS. The van der Waals surface area contributed by atoms with Gasteiger partial charge in [-0.3, -0.25) is 9.20 Å². The Labute approximate surface area is 130 Å². The van der Waals surface area contributed by atoms with Crippen LogP contribution in [0.3, 0.4) is 0 Å². The molecule has 2 aromatic heterocycles. The van der Waals surface area contributed by atoms with Crippen LogP contribution in [0.1, 0.15) is 26.8 Å². The molecule has 2 heterocycles. The number of carbonyl (C=O) groups excluding carboxylic acids is 1. The van der Waals surface area contributed by atoms with Crippen LogP contribution < -0.4 is 5.32 Å². The summed E-state index contributed by atoms with van der Waals surface area (Å²) in [4.78, 5) is 13.7. The van der Waals surface area contributed by atoms with Gasteiger partial charge in [-0.15, -0.1) is 10.2 Å². The summed E-state index contributed by atoms with van der Waals surface area (Å²) in [6, 6.07) is 7.46. The maximum atomic E-state index is 12.3. The Hall–Kier alpha value is -1.92. The highest BCUT2D eigenvalue weighted by atomic mass is 35.5. The molecule has 0 bridgehead atoms. The number of nitrogens with zero attached hydrogens (tertiary/aromatic N) is 3. The number of hydrogen-bond donors (Lipinski definition) is 1. The molecule has 3 aromatic rings. The molecule has 108 valence electrons. The Kier molecular flexibility index (Phi) is 3.65. The molecule has 5 nitrogen and oxygen atoms in total. The average molecular weight is 321 g/mol. The Morgan fingerprint density at radius 2 is 2.10 bits per heavy atom. The van der Waals surface area contributed by atoms with Crippen LogP contribution in [0.4, 0.5) is 0 Å².